The molecule has 0 saturated carbocycles. The summed E-state index contributed by atoms with van der Waals surface area (Å²) in [5, 5.41) is 9.13. The zero-order valence-corrected chi connectivity index (χ0v) is 13.4. The number of carboxylic acid groups (broad SMARTS) is 1. The Bertz CT molecular complexity index is 808. The number of benzene rings is 2. The van der Waals surface area contributed by atoms with Crippen molar-refractivity contribution in [1.82, 2.24) is 0 Å². The number of para-hydroxylation sites is 1. The Balaban J connectivity index is 2.10. The van der Waals surface area contributed by atoms with Crippen molar-refractivity contribution in [2.75, 3.05) is 5.73 Å². The Morgan fingerprint density at radius 3 is 2.50 bits per heavy atom. The van der Waals surface area contributed by atoms with Crippen LogP contribution < -0.4 is 5.73 Å². The standard InChI is InChI=1S/C20H20N2O2/c21-18-13-15(20(23)24)11-12-17(18)19(14-7-3-1-4-8-14)22-16-9-5-2-6-10-16/h2,5-7,9-13H,1,3-4,8,21H2,(H,23,24). The number of allylic oxidation sites excluding steroid dienone is 2. The number of aromatic carboxylic acids is 1. The van der Waals surface area contributed by atoms with Crippen LogP contribution in [0.2, 0.25) is 0 Å². The van der Waals surface area contributed by atoms with Gasteiger partial charge < -0.3 is 10.8 Å². The number of aliphatic imine (C=N–C) groups is 1. The highest BCUT2D eigenvalue weighted by molar-refractivity contribution is 6.16. The molecule has 2 aromatic rings. The molecular formula is C20H20N2O2. The maximum atomic E-state index is 11.1. The van der Waals surface area contributed by atoms with Gasteiger partial charge in [-0.3, -0.25) is 0 Å². The minimum atomic E-state index is -0.980. The summed E-state index contributed by atoms with van der Waals surface area (Å²) in [7, 11) is 0. The summed E-state index contributed by atoms with van der Waals surface area (Å²) in [4.78, 5) is 15.9. The fraction of sp³-hybridized carbons (Fsp3) is 0.200. The van der Waals surface area contributed by atoms with Gasteiger partial charge in [0.25, 0.3) is 0 Å². The molecule has 0 amide bonds. The molecule has 0 bridgehead atoms. The number of carboxylic acids is 1. The van der Waals surface area contributed by atoms with Crippen molar-refractivity contribution in [1.29, 1.82) is 0 Å². The average molecular weight is 320 g/mol. The molecule has 0 unspecified atom stereocenters. The van der Waals surface area contributed by atoms with Gasteiger partial charge in [0.2, 0.25) is 0 Å². The van der Waals surface area contributed by atoms with E-state index in [1.165, 1.54) is 18.1 Å². The summed E-state index contributed by atoms with van der Waals surface area (Å²) in [5.74, 6) is -0.980. The minimum Gasteiger partial charge on any atom is -0.478 e. The predicted molar refractivity (Wildman–Crippen MR) is 97.0 cm³/mol. The lowest BCUT2D eigenvalue weighted by molar-refractivity contribution is 0.0697. The molecule has 4 heteroatoms. The summed E-state index contributed by atoms with van der Waals surface area (Å²) in [6.07, 6.45) is 6.54. The molecule has 3 N–H and O–H groups in total. The lowest BCUT2D eigenvalue weighted by Crippen LogP contribution is -2.11. The molecule has 1 aliphatic carbocycles. The highest BCUT2D eigenvalue weighted by atomic mass is 16.4. The van der Waals surface area contributed by atoms with Gasteiger partial charge in [0, 0.05) is 11.3 Å². The number of carbonyl (C=O) groups is 1. The number of nitrogens with two attached hydrogens (primary N) is 1. The van der Waals surface area contributed by atoms with E-state index < -0.39 is 5.97 Å². The summed E-state index contributed by atoms with van der Waals surface area (Å²) >= 11 is 0. The predicted octanol–water partition coefficient (Wildman–Crippen LogP) is 4.59. The molecule has 1 aliphatic rings. The third kappa shape index (κ3) is 3.54. The van der Waals surface area contributed by atoms with E-state index in [1.54, 1.807) is 12.1 Å². The molecule has 0 aliphatic heterocycles. The number of nitrogens with zero attached hydrogens (tertiary/aromatic N) is 1. The van der Waals surface area contributed by atoms with Crippen LogP contribution >= 0.6 is 0 Å². The van der Waals surface area contributed by atoms with E-state index in [0.29, 0.717) is 5.69 Å². The van der Waals surface area contributed by atoms with Crippen molar-refractivity contribution in [2.45, 2.75) is 25.7 Å². The second-order valence-electron chi connectivity index (χ2n) is 5.88. The van der Waals surface area contributed by atoms with Gasteiger partial charge in [-0.1, -0.05) is 24.3 Å². The Morgan fingerprint density at radius 1 is 1.08 bits per heavy atom. The fourth-order valence-electron chi connectivity index (χ4n) is 2.90. The molecule has 0 atom stereocenters. The zero-order valence-electron chi connectivity index (χ0n) is 13.4. The molecule has 0 saturated heterocycles. The smallest absolute Gasteiger partial charge is 0.335 e. The maximum absolute atomic E-state index is 11.1. The SMILES string of the molecule is Nc1cc(C(=O)O)ccc1C(=Nc1ccccc1)C1=CCCCC1. The molecular weight excluding hydrogens is 300 g/mol. The Labute approximate surface area is 141 Å². The molecule has 0 heterocycles. The molecule has 122 valence electrons. The lowest BCUT2D eigenvalue weighted by Gasteiger charge is -2.17. The van der Waals surface area contributed by atoms with Crippen LogP contribution in [-0.4, -0.2) is 16.8 Å². The average Bonchev–Trinajstić information content (AvgIpc) is 2.61. The van der Waals surface area contributed by atoms with E-state index >= 15 is 0 Å². The number of anilines is 1. The molecule has 0 radical (unpaired) electrons. The molecule has 4 nitrogen and oxygen atoms in total. The zero-order chi connectivity index (χ0) is 16.9. The Hall–Kier alpha value is -2.88. The van der Waals surface area contributed by atoms with Crippen molar-refractivity contribution >= 4 is 23.1 Å². The first-order valence-corrected chi connectivity index (χ1v) is 8.11. The Kier molecular flexibility index (Phi) is 4.75. The van der Waals surface area contributed by atoms with Gasteiger partial charge in [-0.15, -0.1) is 0 Å². The van der Waals surface area contributed by atoms with Crippen molar-refractivity contribution in [3.8, 4) is 0 Å². The number of hydrogen-bond acceptors (Lipinski definition) is 3. The largest absolute Gasteiger partial charge is 0.478 e. The number of nitrogen functional groups attached to an aromatic ring is 1. The Morgan fingerprint density at radius 2 is 1.88 bits per heavy atom. The van der Waals surface area contributed by atoms with E-state index in [-0.39, 0.29) is 5.56 Å². The molecule has 2 aromatic carbocycles. The van der Waals surface area contributed by atoms with Crippen molar-refractivity contribution in [3.05, 3.63) is 71.3 Å². The van der Waals surface area contributed by atoms with E-state index in [1.807, 2.05) is 30.3 Å². The summed E-state index contributed by atoms with van der Waals surface area (Å²) in [5.41, 5.74) is 10.5. The van der Waals surface area contributed by atoms with Gasteiger partial charge in [-0.2, -0.15) is 0 Å². The first-order chi connectivity index (χ1) is 11.6. The van der Waals surface area contributed by atoms with E-state index in [2.05, 4.69) is 6.08 Å². The van der Waals surface area contributed by atoms with Gasteiger partial charge in [-0.05, 0) is 61.6 Å². The van der Waals surface area contributed by atoms with Crippen LogP contribution in [0.3, 0.4) is 0 Å². The number of hydrogen-bond donors (Lipinski definition) is 2. The molecule has 0 fully saturated rings. The molecule has 24 heavy (non-hydrogen) atoms. The van der Waals surface area contributed by atoms with Crippen LogP contribution in [-0.2, 0) is 0 Å². The monoisotopic (exact) mass is 320 g/mol. The van der Waals surface area contributed by atoms with Crippen molar-refractivity contribution in [2.24, 2.45) is 4.99 Å². The van der Waals surface area contributed by atoms with E-state index in [9.17, 15) is 4.79 Å². The molecule has 0 aromatic heterocycles. The van der Waals surface area contributed by atoms with Crippen LogP contribution in [0, 0.1) is 0 Å². The van der Waals surface area contributed by atoms with Crippen molar-refractivity contribution < 1.29 is 9.90 Å². The highest BCUT2D eigenvalue weighted by Crippen LogP contribution is 2.27. The van der Waals surface area contributed by atoms with Crippen LogP contribution in [0.4, 0.5) is 11.4 Å². The van der Waals surface area contributed by atoms with Gasteiger partial charge in [0.15, 0.2) is 0 Å². The third-order valence-corrected chi connectivity index (χ3v) is 4.15. The normalized spacial score (nSPS) is 15.0. The third-order valence-electron chi connectivity index (χ3n) is 4.15. The van der Waals surface area contributed by atoms with E-state index in [4.69, 9.17) is 15.8 Å². The summed E-state index contributed by atoms with van der Waals surface area (Å²) in [6.45, 7) is 0. The van der Waals surface area contributed by atoms with Crippen LogP contribution in [0.5, 0.6) is 0 Å². The van der Waals surface area contributed by atoms with Crippen LogP contribution in [0.15, 0.2) is 65.2 Å². The topological polar surface area (TPSA) is 75.7 Å². The minimum absolute atomic E-state index is 0.188. The molecule has 3 rings (SSSR count). The fourth-order valence-corrected chi connectivity index (χ4v) is 2.90. The quantitative estimate of drug-likeness (QED) is 0.639. The second kappa shape index (κ2) is 7.13. The van der Waals surface area contributed by atoms with Crippen LogP contribution in [0.25, 0.3) is 0 Å². The van der Waals surface area contributed by atoms with Gasteiger partial charge in [-0.25, -0.2) is 9.79 Å². The maximum Gasteiger partial charge on any atom is 0.335 e. The van der Waals surface area contributed by atoms with Crippen LogP contribution in [0.1, 0.15) is 41.6 Å². The second-order valence-corrected chi connectivity index (χ2v) is 5.88. The first kappa shape index (κ1) is 16.0. The summed E-state index contributed by atoms with van der Waals surface area (Å²) in [6, 6.07) is 14.6. The summed E-state index contributed by atoms with van der Waals surface area (Å²) < 4.78 is 0. The van der Waals surface area contributed by atoms with Crippen molar-refractivity contribution in [3.63, 3.8) is 0 Å². The lowest BCUT2D eigenvalue weighted by atomic mass is 9.91. The number of rotatable bonds is 4. The van der Waals surface area contributed by atoms with Gasteiger partial charge >= 0.3 is 5.97 Å². The first-order valence-electron chi connectivity index (χ1n) is 8.11. The van der Waals surface area contributed by atoms with E-state index in [0.717, 1.165) is 36.2 Å². The van der Waals surface area contributed by atoms with Gasteiger partial charge in [0.05, 0.1) is 17.0 Å². The molecule has 0 spiro atoms. The highest BCUT2D eigenvalue weighted by Gasteiger charge is 2.17. The van der Waals surface area contributed by atoms with Gasteiger partial charge in [0.1, 0.15) is 0 Å².